The van der Waals surface area contributed by atoms with Crippen LogP contribution in [-0.2, 0) is 11.0 Å². The quantitative estimate of drug-likeness (QED) is 0.486. The third kappa shape index (κ3) is 6.42. The number of aliphatic hydroxyl groups excluding tert-OH is 1. The number of alkyl halides is 3. The molecule has 2 atom stereocenters. The van der Waals surface area contributed by atoms with Gasteiger partial charge in [0.15, 0.2) is 6.35 Å². The minimum atomic E-state index is -4.44. The number of hydrogen-bond donors (Lipinski definition) is 3. The zero-order valence-electron chi connectivity index (χ0n) is 20.6. The van der Waals surface area contributed by atoms with E-state index in [9.17, 15) is 33.0 Å². The van der Waals surface area contributed by atoms with Gasteiger partial charge in [-0.05, 0) is 86.3 Å². The Morgan fingerprint density at radius 3 is 2.32 bits per heavy atom. The number of carbonyl (C=O) groups is 2. The molecule has 200 valence electrons. The molecule has 1 saturated heterocycles. The van der Waals surface area contributed by atoms with E-state index in [0.29, 0.717) is 24.6 Å². The molecule has 3 N–H and O–H groups in total. The number of carboxylic acids is 1. The molecule has 7 nitrogen and oxygen atoms in total. The molecule has 37 heavy (non-hydrogen) atoms. The van der Waals surface area contributed by atoms with E-state index in [1.54, 1.807) is 17.0 Å². The molecular formula is C27H31F3N3O4-. The van der Waals surface area contributed by atoms with Gasteiger partial charge < -0.3 is 25.6 Å². The van der Waals surface area contributed by atoms with Crippen molar-refractivity contribution in [3.05, 3.63) is 64.7 Å². The first kappa shape index (κ1) is 26.9. The summed E-state index contributed by atoms with van der Waals surface area (Å²) in [5.74, 6) is -1.07. The molecule has 4 rings (SSSR count). The van der Waals surface area contributed by atoms with E-state index in [4.69, 9.17) is 0 Å². The van der Waals surface area contributed by atoms with Gasteiger partial charge >= 0.3 is 6.18 Å². The number of carboxylic acid groups (broad SMARTS) is 1. The zero-order chi connectivity index (χ0) is 26.7. The minimum Gasteiger partial charge on any atom is -0.545 e. The molecule has 0 spiro atoms. The van der Waals surface area contributed by atoms with E-state index in [0.717, 1.165) is 43.7 Å². The summed E-state index contributed by atoms with van der Waals surface area (Å²) in [4.78, 5) is 25.6. The summed E-state index contributed by atoms with van der Waals surface area (Å²) in [6.07, 6.45) is -1.05. The Kier molecular flexibility index (Phi) is 8.08. The summed E-state index contributed by atoms with van der Waals surface area (Å²) in [5.41, 5.74) is 0.886. The van der Waals surface area contributed by atoms with Gasteiger partial charge in [-0.1, -0.05) is 24.3 Å². The maximum atomic E-state index is 13.1. The number of carbonyl (C=O) groups excluding carboxylic acids is 2. The number of halogens is 3. The van der Waals surface area contributed by atoms with E-state index in [2.05, 4.69) is 10.6 Å². The average Bonchev–Trinajstić information content (AvgIpc) is 3.34. The molecule has 1 aliphatic heterocycles. The first-order valence-corrected chi connectivity index (χ1v) is 12.5. The fourth-order valence-electron chi connectivity index (χ4n) is 5.43. The normalized spacial score (nSPS) is 23.4. The van der Waals surface area contributed by atoms with E-state index >= 15 is 0 Å². The second kappa shape index (κ2) is 11.1. The van der Waals surface area contributed by atoms with Crippen molar-refractivity contribution in [2.45, 2.75) is 76.0 Å². The van der Waals surface area contributed by atoms with Crippen LogP contribution in [0.2, 0.25) is 0 Å². The third-order valence-electron chi connectivity index (χ3n) is 7.43. The van der Waals surface area contributed by atoms with Crippen molar-refractivity contribution in [1.82, 2.24) is 10.2 Å². The Labute approximate surface area is 213 Å². The van der Waals surface area contributed by atoms with Gasteiger partial charge in [0.2, 0.25) is 5.91 Å². The Morgan fingerprint density at radius 2 is 1.73 bits per heavy atom. The lowest BCUT2D eigenvalue weighted by molar-refractivity contribution is -0.255. The van der Waals surface area contributed by atoms with Crippen LogP contribution in [0.3, 0.4) is 0 Å². The topological polar surface area (TPSA) is 105 Å². The Bertz CT molecular complexity index is 1110. The molecular weight excluding hydrogens is 487 g/mol. The van der Waals surface area contributed by atoms with Crippen LogP contribution in [0.5, 0.6) is 0 Å². The number of hydrogen-bond acceptors (Lipinski definition) is 6. The highest BCUT2D eigenvalue weighted by Gasteiger charge is 2.37. The van der Waals surface area contributed by atoms with Gasteiger partial charge in [-0.25, -0.2) is 4.90 Å². The second-order valence-electron chi connectivity index (χ2n) is 9.91. The monoisotopic (exact) mass is 518 g/mol. The van der Waals surface area contributed by atoms with Crippen molar-refractivity contribution in [3.8, 4) is 0 Å². The van der Waals surface area contributed by atoms with Gasteiger partial charge in [0, 0.05) is 18.3 Å². The number of rotatable bonds is 7. The van der Waals surface area contributed by atoms with Crippen LogP contribution in [-0.4, -0.2) is 46.9 Å². The molecule has 2 aromatic rings. The van der Waals surface area contributed by atoms with Gasteiger partial charge in [0.1, 0.15) is 0 Å². The standard InChI is InChI=1S/C27H32F3N3O4/c1-16-15-21(12-13-22(16)27(28,29)30)32-26(37)33-14-2-3-23(33)24(34)31-20-10-8-18(9-11-20)17-4-6-19(7-5-17)25(35)36/h4-7,12-13,15,18,20,23,26,32,37H,2-3,8-11,14H2,1H3,(H,31,34)(H,35,36)/p-1/t18?,20?,23-,26?/m1/s1. The fraction of sp³-hybridized carbons (Fsp3) is 0.481. The van der Waals surface area contributed by atoms with Crippen LogP contribution in [0.4, 0.5) is 18.9 Å². The largest absolute Gasteiger partial charge is 0.545 e. The van der Waals surface area contributed by atoms with E-state index in [-0.39, 0.29) is 23.1 Å². The number of anilines is 1. The predicted octanol–water partition coefficient (Wildman–Crippen LogP) is 3.37. The van der Waals surface area contributed by atoms with Gasteiger partial charge in [0.05, 0.1) is 17.6 Å². The van der Waals surface area contributed by atoms with Crippen molar-refractivity contribution in [2.24, 2.45) is 0 Å². The van der Waals surface area contributed by atoms with Crippen LogP contribution >= 0.6 is 0 Å². The summed E-state index contributed by atoms with van der Waals surface area (Å²) in [6.45, 7) is 1.85. The molecule has 0 bridgehead atoms. The van der Waals surface area contributed by atoms with Gasteiger partial charge in [-0.15, -0.1) is 0 Å². The molecule has 1 amide bonds. The number of amides is 1. The maximum absolute atomic E-state index is 13.1. The van der Waals surface area contributed by atoms with E-state index in [1.165, 1.54) is 19.1 Å². The van der Waals surface area contributed by atoms with E-state index in [1.807, 2.05) is 12.1 Å². The van der Waals surface area contributed by atoms with Crippen molar-refractivity contribution in [3.63, 3.8) is 0 Å². The second-order valence-corrected chi connectivity index (χ2v) is 9.91. The molecule has 1 aliphatic carbocycles. The van der Waals surface area contributed by atoms with Crippen molar-refractivity contribution < 1.29 is 33.0 Å². The zero-order valence-corrected chi connectivity index (χ0v) is 20.6. The van der Waals surface area contributed by atoms with Crippen LogP contribution in [0.15, 0.2) is 42.5 Å². The summed E-state index contributed by atoms with van der Waals surface area (Å²) in [7, 11) is 0. The van der Waals surface area contributed by atoms with Crippen LogP contribution in [0.1, 0.15) is 71.5 Å². The lowest BCUT2D eigenvalue weighted by Gasteiger charge is -2.33. The smallest absolute Gasteiger partial charge is 0.416 e. The molecule has 2 fully saturated rings. The maximum Gasteiger partial charge on any atom is 0.416 e. The predicted molar refractivity (Wildman–Crippen MR) is 129 cm³/mol. The number of aromatic carboxylic acids is 1. The summed E-state index contributed by atoms with van der Waals surface area (Å²) < 4.78 is 39.1. The Morgan fingerprint density at radius 1 is 1.05 bits per heavy atom. The number of nitrogens with zero attached hydrogens (tertiary/aromatic N) is 1. The highest BCUT2D eigenvalue weighted by Crippen LogP contribution is 2.34. The van der Waals surface area contributed by atoms with Crippen molar-refractivity contribution in [2.75, 3.05) is 11.9 Å². The van der Waals surface area contributed by atoms with Gasteiger partial charge in [-0.3, -0.25) is 4.79 Å². The van der Waals surface area contributed by atoms with Crippen molar-refractivity contribution in [1.29, 1.82) is 0 Å². The molecule has 0 aromatic heterocycles. The third-order valence-corrected chi connectivity index (χ3v) is 7.43. The molecule has 0 radical (unpaired) electrons. The molecule has 1 unspecified atom stereocenters. The number of likely N-dealkylation sites (tertiary alicyclic amines) is 1. The first-order valence-electron chi connectivity index (χ1n) is 12.5. The molecule has 2 aliphatic rings. The Hall–Kier alpha value is -3.11. The molecule has 2 aromatic carbocycles. The lowest BCUT2D eigenvalue weighted by Crippen LogP contribution is -2.52. The molecule has 10 heteroatoms. The summed E-state index contributed by atoms with van der Waals surface area (Å²) >= 11 is 0. The average molecular weight is 519 g/mol. The van der Waals surface area contributed by atoms with Gasteiger partial charge in [-0.2, -0.15) is 13.2 Å². The number of aryl methyl sites for hydroxylation is 1. The fourth-order valence-corrected chi connectivity index (χ4v) is 5.43. The van der Waals surface area contributed by atoms with Crippen LogP contribution in [0, 0.1) is 6.92 Å². The van der Waals surface area contributed by atoms with E-state index < -0.39 is 30.1 Å². The highest BCUT2D eigenvalue weighted by atomic mass is 19.4. The lowest BCUT2D eigenvalue weighted by atomic mass is 9.81. The Balaban J connectivity index is 1.30. The minimum absolute atomic E-state index is 0.0105. The summed E-state index contributed by atoms with van der Waals surface area (Å²) in [5, 5.41) is 27.6. The number of benzene rings is 2. The van der Waals surface area contributed by atoms with Crippen molar-refractivity contribution >= 4 is 17.6 Å². The van der Waals surface area contributed by atoms with Crippen LogP contribution < -0.4 is 15.7 Å². The summed E-state index contributed by atoms with van der Waals surface area (Å²) in [6, 6.07) is 9.81. The molecule has 1 heterocycles. The van der Waals surface area contributed by atoms with Gasteiger partial charge in [0.25, 0.3) is 0 Å². The number of nitrogens with one attached hydrogen (secondary N) is 2. The van der Waals surface area contributed by atoms with Crippen LogP contribution in [0.25, 0.3) is 0 Å². The highest BCUT2D eigenvalue weighted by molar-refractivity contribution is 5.85. The SMILES string of the molecule is Cc1cc(NC(O)N2CCC[C@@H]2C(=O)NC2CCC(c3ccc(C(=O)[O-])cc3)CC2)ccc1C(F)(F)F. The molecule has 1 saturated carbocycles. The first-order chi connectivity index (χ1) is 17.5. The number of aliphatic hydroxyl groups is 1.